The Hall–Kier alpha value is -3.51. The van der Waals surface area contributed by atoms with Crippen LogP contribution >= 0.6 is 0 Å². The number of carbonyl (C=O) groups is 1. The number of hydrogen-bond donors (Lipinski definition) is 2. The molecular weight excluding hydrogens is 374 g/mol. The normalized spacial score (nSPS) is 16.3. The molecule has 2 N–H and O–H groups in total. The Balaban J connectivity index is 1.44. The van der Waals surface area contributed by atoms with E-state index in [-0.39, 0.29) is 5.91 Å². The second kappa shape index (κ2) is 7.72. The van der Waals surface area contributed by atoms with E-state index in [1.807, 2.05) is 42.3 Å². The summed E-state index contributed by atoms with van der Waals surface area (Å²) in [5.41, 5.74) is 5.10. The van der Waals surface area contributed by atoms with Crippen molar-refractivity contribution in [3.05, 3.63) is 72.6 Å². The number of carbonyl (C=O) groups excluding carboxylic acids is 1. The van der Waals surface area contributed by atoms with E-state index in [1.165, 1.54) is 0 Å². The van der Waals surface area contributed by atoms with Crippen molar-refractivity contribution in [2.45, 2.75) is 12.5 Å². The van der Waals surface area contributed by atoms with Gasteiger partial charge in [0, 0.05) is 42.0 Å². The summed E-state index contributed by atoms with van der Waals surface area (Å²) in [6.07, 6.45) is 2.77. The first-order valence-electron chi connectivity index (χ1n) is 10.2. The highest BCUT2D eigenvalue weighted by Crippen LogP contribution is 2.26. The van der Waals surface area contributed by atoms with E-state index in [0.717, 1.165) is 53.1 Å². The Morgan fingerprint density at radius 3 is 2.77 bits per heavy atom. The number of H-pyrrole nitrogens is 1. The number of likely N-dealkylation sites (N-methyl/N-ethyl adjacent to an activating group) is 1. The summed E-state index contributed by atoms with van der Waals surface area (Å²) in [5.74, 6) is -0.0170. The van der Waals surface area contributed by atoms with Gasteiger partial charge < -0.3 is 15.2 Å². The molecule has 1 saturated heterocycles. The number of nitrogens with one attached hydrogen (secondary N) is 2. The third kappa shape index (κ3) is 3.46. The summed E-state index contributed by atoms with van der Waals surface area (Å²) < 4.78 is 0. The summed E-state index contributed by atoms with van der Waals surface area (Å²) in [6.45, 7) is 1.48. The monoisotopic (exact) mass is 397 g/mol. The summed E-state index contributed by atoms with van der Waals surface area (Å²) in [4.78, 5) is 27.3. The zero-order valence-corrected chi connectivity index (χ0v) is 16.8. The molecule has 1 aliphatic rings. The van der Waals surface area contributed by atoms with Crippen LogP contribution in [0, 0.1) is 0 Å². The minimum Gasteiger partial charge on any atom is -0.339 e. The van der Waals surface area contributed by atoms with Crippen LogP contribution in [0.15, 0.2) is 66.9 Å². The number of aromatic amines is 1. The van der Waals surface area contributed by atoms with E-state index in [9.17, 15) is 4.79 Å². The first kappa shape index (κ1) is 18.5. The number of aromatic nitrogens is 3. The topological polar surface area (TPSA) is 73.9 Å². The van der Waals surface area contributed by atoms with Gasteiger partial charge in [0.2, 0.25) is 0 Å². The van der Waals surface area contributed by atoms with Gasteiger partial charge in [-0.1, -0.05) is 36.4 Å². The Bertz CT molecular complexity index is 1200. The lowest BCUT2D eigenvalue weighted by molar-refractivity contribution is 0.0784. The van der Waals surface area contributed by atoms with Crippen molar-refractivity contribution in [2.75, 3.05) is 20.1 Å². The Labute approximate surface area is 175 Å². The van der Waals surface area contributed by atoms with Crippen molar-refractivity contribution in [2.24, 2.45) is 0 Å². The van der Waals surface area contributed by atoms with Gasteiger partial charge in [0.25, 0.3) is 5.91 Å². The summed E-state index contributed by atoms with van der Waals surface area (Å²) in [6, 6.07) is 20.3. The molecule has 0 radical (unpaired) electrons. The molecule has 30 heavy (non-hydrogen) atoms. The molecule has 1 fully saturated rings. The zero-order chi connectivity index (χ0) is 20.5. The minimum absolute atomic E-state index is 0.0170. The van der Waals surface area contributed by atoms with Gasteiger partial charge in [0.05, 0.1) is 5.69 Å². The smallest absolute Gasteiger partial charge is 0.272 e. The molecule has 0 aliphatic carbocycles. The van der Waals surface area contributed by atoms with Crippen LogP contribution in [0.25, 0.3) is 33.5 Å². The van der Waals surface area contributed by atoms with Gasteiger partial charge in [0.1, 0.15) is 11.3 Å². The zero-order valence-electron chi connectivity index (χ0n) is 16.8. The quantitative estimate of drug-likeness (QED) is 0.550. The van der Waals surface area contributed by atoms with E-state index in [2.05, 4.69) is 44.5 Å². The lowest BCUT2D eigenvalue weighted by atomic mass is 10.1. The van der Waals surface area contributed by atoms with E-state index >= 15 is 0 Å². The van der Waals surface area contributed by atoms with Crippen LogP contribution < -0.4 is 5.32 Å². The number of pyridine rings is 2. The van der Waals surface area contributed by atoms with Crippen LogP contribution in [0.1, 0.15) is 16.9 Å². The van der Waals surface area contributed by atoms with E-state index in [4.69, 9.17) is 0 Å². The highest BCUT2D eigenvalue weighted by atomic mass is 16.2. The second-order valence-corrected chi connectivity index (χ2v) is 7.64. The Morgan fingerprint density at radius 1 is 1.10 bits per heavy atom. The van der Waals surface area contributed by atoms with Crippen molar-refractivity contribution >= 4 is 16.9 Å². The maximum atomic E-state index is 12.9. The molecule has 6 nitrogen and oxygen atoms in total. The van der Waals surface area contributed by atoms with Crippen molar-refractivity contribution < 1.29 is 4.79 Å². The first-order valence-corrected chi connectivity index (χ1v) is 10.2. The molecule has 3 aromatic heterocycles. The van der Waals surface area contributed by atoms with Gasteiger partial charge in [-0.3, -0.25) is 4.79 Å². The van der Waals surface area contributed by atoms with Gasteiger partial charge in [-0.05, 0) is 43.3 Å². The van der Waals surface area contributed by atoms with Crippen molar-refractivity contribution in [3.63, 3.8) is 0 Å². The van der Waals surface area contributed by atoms with E-state index < -0.39 is 0 Å². The van der Waals surface area contributed by atoms with Gasteiger partial charge >= 0.3 is 0 Å². The Morgan fingerprint density at radius 2 is 1.97 bits per heavy atom. The summed E-state index contributed by atoms with van der Waals surface area (Å²) in [5, 5.41) is 4.26. The van der Waals surface area contributed by atoms with Crippen LogP contribution in [-0.2, 0) is 0 Å². The van der Waals surface area contributed by atoms with Crippen molar-refractivity contribution in [1.82, 2.24) is 25.2 Å². The fourth-order valence-electron chi connectivity index (χ4n) is 3.99. The van der Waals surface area contributed by atoms with Gasteiger partial charge in [-0.25, -0.2) is 9.97 Å². The molecule has 5 rings (SSSR count). The molecule has 1 atom stereocenters. The third-order valence-electron chi connectivity index (χ3n) is 5.70. The largest absolute Gasteiger partial charge is 0.339 e. The van der Waals surface area contributed by atoms with Crippen molar-refractivity contribution in [1.29, 1.82) is 0 Å². The lowest BCUT2D eigenvalue weighted by Gasteiger charge is -2.16. The standard InChI is InChI=1S/C24H23N5O/c1-25-19-10-11-29(15-19)24(30)21-9-5-8-20(27-21)18-12-17-13-22(28-23(17)26-14-18)16-6-3-2-4-7-16/h2-9,12-14,19,25H,10-11,15H2,1H3,(H,26,28)/t19-/m0/s1. The SMILES string of the molecule is CN[C@H]1CCN(C(=O)c2cccc(-c3cnc4[nH]c(-c5ccccc5)cc4c3)n2)C1. The van der Waals surface area contributed by atoms with Gasteiger partial charge in [-0.15, -0.1) is 0 Å². The number of rotatable bonds is 4. The molecule has 0 unspecified atom stereocenters. The molecule has 150 valence electrons. The average molecular weight is 397 g/mol. The predicted octanol–water partition coefficient (Wildman–Crippen LogP) is 3.73. The maximum Gasteiger partial charge on any atom is 0.272 e. The van der Waals surface area contributed by atoms with Crippen LogP contribution in [-0.4, -0.2) is 51.9 Å². The van der Waals surface area contributed by atoms with Crippen LogP contribution in [0.2, 0.25) is 0 Å². The van der Waals surface area contributed by atoms with Crippen LogP contribution in [0.5, 0.6) is 0 Å². The minimum atomic E-state index is -0.0170. The van der Waals surface area contributed by atoms with Gasteiger partial charge in [0.15, 0.2) is 0 Å². The molecule has 0 saturated carbocycles. The molecule has 6 heteroatoms. The number of amides is 1. The van der Waals surface area contributed by atoms with Crippen LogP contribution in [0.4, 0.5) is 0 Å². The fraction of sp³-hybridized carbons (Fsp3) is 0.208. The molecular formula is C24H23N5O. The van der Waals surface area contributed by atoms with E-state index in [1.54, 1.807) is 12.3 Å². The fourth-order valence-corrected chi connectivity index (χ4v) is 3.99. The van der Waals surface area contributed by atoms with Crippen LogP contribution in [0.3, 0.4) is 0 Å². The molecule has 0 bridgehead atoms. The second-order valence-electron chi connectivity index (χ2n) is 7.64. The predicted molar refractivity (Wildman–Crippen MR) is 118 cm³/mol. The summed E-state index contributed by atoms with van der Waals surface area (Å²) >= 11 is 0. The number of benzene rings is 1. The molecule has 1 aliphatic heterocycles. The highest BCUT2D eigenvalue weighted by Gasteiger charge is 2.26. The first-order chi connectivity index (χ1) is 14.7. The molecule has 0 spiro atoms. The summed E-state index contributed by atoms with van der Waals surface area (Å²) in [7, 11) is 1.94. The van der Waals surface area contributed by atoms with Gasteiger partial charge in [-0.2, -0.15) is 0 Å². The number of nitrogens with zero attached hydrogens (tertiary/aromatic N) is 3. The molecule has 1 amide bonds. The molecule has 1 aromatic carbocycles. The number of likely N-dealkylation sites (tertiary alicyclic amines) is 1. The van der Waals surface area contributed by atoms with E-state index in [0.29, 0.717) is 11.7 Å². The van der Waals surface area contributed by atoms with Crippen molar-refractivity contribution in [3.8, 4) is 22.5 Å². The number of hydrogen-bond acceptors (Lipinski definition) is 4. The molecule has 4 aromatic rings. The Kier molecular flexibility index (Phi) is 4.77. The highest BCUT2D eigenvalue weighted by molar-refractivity contribution is 5.93. The number of fused-ring (bicyclic) bond motifs is 1. The third-order valence-corrected chi connectivity index (χ3v) is 5.70. The average Bonchev–Trinajstić information content (AvgIpc) is 3.46. The molecule has 4 heterocycles. The maximum absolute atomic E-state index is 12.9. The lowest BCUT2D eigenvalue weighted by Crippen LogP contribution is -2.33.